The van der Waals surface area contributed by atoms with Crippen molar-refractivity contribution in [3.8, 4) is 0 Å². The predicted molar refractivity (Wildman–Crippen MR) is 118 cm³/mol. The first kappa shape index (κ1) is 22.0. The molecule has 0 aromatic rings. The van der Waals surface area contributed by atoms with Crippen molar-refractivity contribution in [2.45, 2.75) is 64.4 Å². The van der Waals surface area contributed by atoms with Gasteiger partial charge in [-0.1, -0.05) is 32.4 Å². The molecule has 6 aliphatic rings. The van der Waals surface area contributed by atoms with Crippen molar-refractivity contribution in [2.24, 2.45) is 34.5 Å². The van der Waals surface area contributed by atoms with Gasteiger partial charge < -0.3 is 29.2 Å². The van der Waals surface area contributed by atoms with Gasteiger partial charge >= 0.3 is 0 Å². The summed E-state index contributed by atoms with van der Waals surface area (Å²) in [5.74, 6) is -0.640. The highest BCUT2D eigenvalue weighted by atomic mass is 16.9. The van der Waals surface area contributed by atoms with Gasteiger partial charge in [-0.2, -0.15) is 0 Å². The molecule has 2 N–H and O–H groups in total. The van der Waals surface area contributed by atoms with Crippen molar-refractivity contribution in [1.29, 1.82) is 0 Å². The molecule has 180 valence electrons. The van der Waals surface area contributed by atoms with E-state index in [1.54, 1.807) is 6.08 Å². The molecule has 0 bridgehead atoms. The number of rotatable bonds is 0. The van der Waals surface area contributed by atoms with Gasteiger partial charge in [-0.15, -0.1) is 0 Å². The number of fused-ring (bicyclic) bond motifs is 7. The van der Waals surface area contributed by atoms with Gasteiger partial charge in [0.15, 0.2) is 19.4 Å². The van der Waals surface area contributed by atoms with Crippen LogP contribution in [0.2, 0.25) is 0 Å². The zero-order chi connectivity index (χ0) is 23.4. The second-order valence-corrected chi connectivity index (χ2v) is 11.6. The van der Waals surface area contributed by atoms with Crippen LogP contribution in [0.4, 0.5) is 0 Å². The molecule has 0 radical (unpaired) electrons. The second-order valence-electron chi connectivity index (χ2n) is 11.6. The molecule has 7 heteroatoms. The molecule has 2 saturated heterocycles. The van der Waals surface area contributed by atoms with E-state index in [4.69, 9.17) is 18.9 Å². The summed E-state index contributed by atoms with van der Waals surface area (Å²) in [4.78, 5) is 12.5. The first-order chi connectivity index (χ1) is 15.6. The highest BCUT2D eigenvalue weighted by Gasteiger charge is 2.79. The monoisotopic (exact) mass is 458 g/mol. The third kappa shape index (κ3) is 2.40. The van der Waals surface area contributed by atoms with Crippen LogP contribution in [-0.2, 0) is 23.7 Å². The lowest BCUT2D eigenvalue weighted by molar-refractivity contribution is -0.264. The van der Waals surface area contributed by atoms with Crippen molar-refractivity contribution in [2.75, 3.05) is 20.2 Å². The average Bonchev–Trinajstić information content (AvgIpc) is 3.44. The average molecular weight is 459 g/mol. The minimum atomic E-state index is -0.949. The number of hydrogen-bond donors (Lipinski definition) is 2. The number of carbonyl (C=O) groups is 1. The Balaban J connectivity index is 1.49. The topological polar surface area (TPSA) is 94.5 Å². The van der Waals surface area contributed by atoms with Gasteiger partial charge in [0, 0.05) is 22.3 Å². The molecule has 2 heterocycles. The molecule has 9 atom stereocenters. The Morgan fingerprint density at radius 1 is 1.18 bits per heavy atom. The molecule has 4 aliphatic carbocycles. The minimum absolute atomic E-state index is 0.0602. The molecule has 2 spiro atoms. The molecule has 7 nitrogen and oxygen atoms in total. The Labute approximate surface area is 194 Å². The van der Waals surface area contributed by atoms with E-state index in [0.29, 0.717) is 25.0 Å². The first-order valence-corrected chi connectivity index (χ1v) is 12.1. The zero-order valence-electron chi connectivity index (χ0n) is 19.8. The molecule has 2 aliphatic heterocycles. The van der Waals surface area contributed by atoms with Crippen LogP contribution in [0.3, 0.4) is 0 Å². The lowest BCUT2D eigenvalue weighted by Crippen LogP contribution is -2.67. The lowest BCUT2D eigenvalue weighted by atomic mass is 9.45. The smallest absolute Gasteiger partial charge is 0.227 e. The highest BCUT2D eigenvalue weighted by Crippen LogP contribution is 2.72. The maximum Gasteiger partial charge on any atom is 0.227 e. The van der Waals surface area contributed by atoms with Crippen LogP contribution < -0.4 is 0 Å². The van der Waals surface area contributed by atoms with Crippen molar-refractivity contribution in [1.82, 2.24) is 0 Å². The van der Waals surface area contributed by atoms with Crippen molar-refractivity contribution >= 4 is 5.78 Å². The number of hydrogen-bond acceptors (Lipinski definition) is 7. The summed E-state index contributed by atoms with van der Waals surface area (Å²) in [6.45, 7) is 9.33. The first-order valence-electron chi connectivity index (χ1n) is 12.1. The van der Waals surface area contributed by atoms with Crippen LogP contribution in [0.25, 0.3) is 0 Å². The molecule has 0 aromatic carbocycles. The van der Waals surface area contributed by atoms with Crippen molar-refractivity contribution < 1.29 is 34.0 Å². The second kappa shape index (κ2) is 6.79. The van der Waals surface area contributed by atoms with E-state index in [1.165, 1.54) is 0 Å². The van der Waals surface area contributed by atoms with E-state index in [9.17, 15) is 15.0 Å². The lowest BCUT2D eigenvalue weighted by Gasteiger charge is -2.61. The Hall–Kier alpha value is -1.51. The Kier molecular flexibility index (Phi) is 4.52. The summed E-state index contributed by atoms with van der Waals surface area (Å²) >= 11 is 0. The normalized spacial score (nSPS) is 54.4. The SMILES string of the molecule is CC1=C[C@@H]2[C@H]([C@H](O)C[C@@]3(C)[C@H]2C[C@H](C)[C@@]32OCO[C@]23COCO3)[C@@]2(C)C/C(=C\O)C(=O)C=C12. The molecular weight excluding hydrogens is 424 g/mol. The zero-order valence-corrected chi connectivity index (χ0v) is 19.8. The summed E-state index contributed by atoms with van der Waals surface area (Å²) in [5, 5.41) is 21.5. The van der Waals surface area contributed by atoms with Crippen LogP contribution in [0.15, 0.2) is 35.1 Å². The number of ether oxygens (including phenoxy) is 4. The summed E-state index contributed by atoms with van der Waals surface area (Å²) < 4.78 is 24.4. The Morgan fingerprint density at radius 2 is 1.94 bits per heavy atom. The van der Waals surface area contributed by atoms with Gasteiger partial charge in [0.05, 0.1) is 12.4 Å². The maximum absolute atomic E-state index is 12.5. The van der Waals surface area contributed by atoms with Crippen molar-refractivity contribution in [3.63, 3.8) is 0 Å². The molecule has 33 heavy (non-hydrogen) atoms. The van der Waals surface area contributed by atoms with Crippen LogP contribution in [0.1, 0.15) is 47.0 Å². The van der Waals surface area contributed by atoms with Crippen LogP contribution in [-0.4, -0.2) is 53.7 Å². The number of carbonyl (C=O) groups excluding carboxylic acids is 1. The fraction of sp³-hybridized carbons (Fsp3) is 0.731. The summed E-state index contributed by atoms with van der Waals surface area (Å²) in [7, 11) is 0. The predicted octanol–water partition coefficient (Wildman–Crippen LogP) is 3.40. The van der Waals surface area contributed by atoms with Gasteiger partial charge in [0.2, 0.25) is 5.79 Å². The van der Waals surface area contributed by atoms with Gasteiger partial charge in [-0.25, -0.2) is 0 Å². The van der Waals surface area contributed by atoms with Gasteiger partial charge in [-0.05, 0) is 55.6 Å². The van der Waals surface area contributed by atoms with E-state index < -0.39 is 22.9 Å². The Bertz CT molecular complexity index is 985. The molecule has 0 aromatic heterocycles. The molecule has 6 rings (SSSR count). The summed E-state index contributed by atoms with van der Waals surface area (Å²) in [6.07, 6.45) is 6.21. The van der Waals surface area contributed by atoms with E-state index in [2.05, 4.69) is 33.8 Å². The molecule has 2 saturated carbocycles. The van der Waals surface area contributed by atoms with Gasteiger partial charge in [0.25, 0.3) is 0 Å². The number of aliphatic hydroxyl groups excluding tert-OH is 2. The number of aliphatic hydroxyl groups is 2. The van der Waals surface area contributed by atoms with E-state index in [0.717, 1.165) is 23.8 Å². The van der Waals surface area contributed by atoms with Gasteiger partial charge in [-0.3, -0.25) is 4.79 Å². The summed E-state index contributed by atoms with van der Waals surface area (Å²) in [6, 6.07) is 0. The minimum Gasteiger partial charge on any atom is -0.515 e. The fourth-order valence-electron chi connectivity index (χ4n) is 9.19. The maximum atomic E-state index is 12.5. The third-order valence-electron chi connectivity index (χ3n) is 10.2. The molecular formula is C26H34O7. The molecule has 0 amide bonds. The van der Waals surface area contributed by atoms with E-state index >= 15 is 0 Å². The summed E-state index contributed by atoms with van der Waals surface area (Å²) in [5.41, 5.74) is 0.981. The van der Waals surface area contributed by atoms with E-state index in [-0.39, 0.29) is 48.5 Å². The van der Waals surface area contributed by atoms with Crippen LogP contribution in [0, 0.1) is 34.5 Å². The fourth-order valence-corrected chi connectivity index (χ4v) is 9.19. The van der Waals surface area contributed by atoms with Crippen LogP contribution >= 0.6 is 0 Å². The third-order valence-corrected chi connectivity index (χ3v) is 10.2. The van der Waals surface area contributed by atoms with E-state index in [1.807, 2.05) is 0 Å². The quantitative estimate of drug-likeness (QED) is 0.424. The highest BCUT2D eigenvalue weighted by molar-refractivity contribution is 6.06. The largest absolute Gasteiger partial charge is 0.515 e. The Morgan fingerprint density at radius 3 is 2.64 bits per heavy atom. The number of ketones is 1. The van der Waals surface area contributed by atoms with Crippen LogP contribution in [0.5, 0.6) is 0 Å². The number of allylic oxidation sites excluding steroid dienone is 5. The van der Waals surface area contributed by atoms with Crippen molar-refractivity contribution in [3.05, 3.63) is 35.1 Å². The molecule has 4 fully saturated rings. The van der Waals surface area contributed by atoms with Gasteiger partial charge in [0.1, 0.15) is 12.2 Å². The molecule has 0 unspecified atom stereocenters. The standard InChI is InChI=1S/C26H34O7/c1-14-5-17-19-6-15(2)26(25(32-13-33-26)11-30-12-31-25)24(19,4)9-21(29)22(17)23(3)8-16(10-27)20(28)7-18(14)23/h5,7,10,15,17,19,21-22,27,29H,6,8-9,11-13H2,1-4H3/b16-10+/t15-,17-,19-,21+,22+,23-,24-,25+,26+/m0/s1.